The first kappa shape index (κ1) is 25.0. The molecule has 0 radical (unpaired) electrons. The van der Waals surface area contributed by atoms with Crippen LogP contribution in [0.25, 0.3) is 5.69 Å². The minimum absolute atomic E-state index is 0.0219. The number of nitrogens with one attached hydrogen (secondary N) is 1. The van der Waals surface area contributed by atoms with E-state index in [2.05, 4.69) is 10.4 Å². The maximum atomic E-state index is 13.1. The number of carbonyl (C=O) groups is 2. The fraction of sp³-hybridized carbons (Fsp3) is 0.320. The molecular weight excluding hydrogens is 445 g/mol. The van der Waals surface area contributed by atoms with Crippen molar-refractivity contribution in [2.45, 2.75) is 39.8 Å². The average Bonchev–Trinajstić information content (AvgIpc) is 3.07. The predicted octanol–water partition coefficient (Wildman–Crippen LogP) is 4.71. The highest BCUT2D eigenvalue weighted by atomic mass is 19.4. The van der Waals surface area contributed by atoms with Gasteiger partial charge in [0.15, 0.2) is 0 Å². The number of nitrogens with zero attached hydrogens (tertiary/aromatic N) is 3. The molecule has 0 spiro atoms. The third kappa shape index (κ3) is 5.65. The monoisotopic (exact) mass is 472 g/mol. The minimum atomic E-state index is -4.47. The molecule has 0 fully saturated rings. The molecule has 0 aliphatic carbocycles. The summed E-state index contributed by atoms with van der Waals surface area (Å²) in [5, 5.41) is 7.19. The van der Waals surface area contributed by atoms with Gasteiger partial charge < -0.3 is 10.2 Å². The summed E-state index contributed by atoms with van der Waals surface area (Å²) in [6, 6.07) is 12.3. The second kappa shape index (κ2) is 10.1. The van der Waals surface area contributed by atoms with Crippen LogP contribution in [-0.4, -0.2) is 40.1 Å². The summed E-state index contributed by atoms with van der Waals surface area (Å²) in [6.45, 7) is 5.27. The molecule has 3 rings (SSSR count). The first-order valence-corrected chi connectivity index (χ1v) is 10.9. The Balaban J connectivity index is 1.71. The largest absolute Gasteiger partial charge is 0.416 e. The van der Waals surface area contributed by atoms with E-state index < -0.39 is 11.7 Å². The van der Waals surface area contributed by atoms with E-state index in [1.807, 2.05) is 31.2 Å². The number of amides is 2. The molecule has 0 unspecified atom stereocenters. The molecule has 0 saturated carbocycles. The van der Waals surface area contributed by atoms with Gasteiger partial charge in [-0.2, -0.15) is 18.3 Å². The van der Waals surface area contributed by atoms with Gasteiger partial charge in [0.1, 0.15) is 0 Å². The minimum Gasteiger partial charge on any atom is -0.336 e. The van der Waals surface area contributed by atoms with Crippen LogP contribution in [0.15, 0.2) is 48.5 Å². The van der Waals surface area contributed by atoms with E-state index in [4.69, 9.17) is 0 Å². The van der Waals surface area contributed by atoms with Crippen LogP contribution in [0.4, 0.5) is 18.9 Å². The number of hydrogen-bond acceptors (Lipinski definition) is 3. The number of hydrogen-bond donors (Lipinski definition) is 1. The van der Waals surface area contributed by atoms with Gasteiger partial charge in [-0.3, -0.25) is 9.59 Å². The van der Waals surface area contributed by atoms with Crippen molar-refractivity contribution in [2.24, 2.45) is 0 Å². The van der Waals surface area contributed by atoms with E-state index in [0.717, 1.165) is 24.1 Å². The summed E-state index contributed by atoms with van der Waals surface area (Å²) in [5.41, 5.74) is 2.92. The van der Waals surface area contributed by atoms with Gasteiger partial charge in [-0.15, -0.1) is 0 Å². The Hall–Kier alpha value is -3.62. The van der Waals surface area contributed by atoms with Crippen LogP contribution in [0.5, 0.6) is 0 Å². The second-order valence-electron chi connectivity index (χ2n) is 8.09. The Morgan fingerprint density at radius 3 is 2.47 bits per heavy atom. The van der Waals surface area contributed by atoms with Crippen LogP contribution < -0.4 is 5.32 Å². The smallest absolute Gasteiger partial charge is 0.336 e. The first-order valence-electron chi connectivity index (χ1n) is 10.9. The molecule has 1 heterocycles. The maximum absolute atomic E-state index is 13.1. The van der Waals surface area contributed by atoms with Gasteiger partial charge in [-0.25, -0.2) is 4.68 Å². The van der Waals surface area contributed by atoms with Gasteiger partial charge in [-0.05, 0) is 50.1 Å². The van der Waals surface area contributed by atoms with Crippen molar-refractivity contribution in [3.8, 4) is 5.69 Å². The molecule has 0 bridgehead atoms. The lowest BCUT2D eigenvalue weighted by Crippen LogP contribution is -2.36. The SMILES string of the molecule is CCc1ccccc1NC(=O)CN(C)C(=O)Cc1c(C)nn(-c2cccc(C(F)(F)F)c2)c1C. The summed E-state index contributed by atoms with van der Waals surface area (Å²) in [4.78, 5) is 26.6. The molecule has 0 saturated heterocycles. The van der Waals surface area contributed by atoms with Crippen LogP contribution in [0.1, 0.15) is 35.0 Å². The highest BCUT2D eigenvalue weighted by Crippen LogP contribution is 2.31. The molecule has 0 atom stereocenters. The molecule has 3 aromatic rings. The number of anilines is 1. The van der Waals surface area contributed by atoms with E-state index in [1.54, 1.807) is 13.8 Å². The standard InChI is InChI=1S/C25H27F3N4O2/c1-5-18-9-6-7-12-22(18)29-23(33)15-31(4)24(34)14-21-16(2)30-32(17(21)3)20-11-8-10-19(13-20)25(26,27)28/h6-13H,5,14-15H2,1-4H3,(H,29,33). The van der Waals surface area contributed by atoms with Gasteiger partial charge in [0.2, 0.25) is 11.8 Å². The third-order valence-electron chi connectivity index (χ3n) is 5.67. The van der Waals surface area contributed by atoms with Crippen LogP contribution in [0.2, 0.25) is 0 Å². The van der Waals surface area contributed by atoms with Crippen LogP contribution >= 0.6 is 0 Å². The molecule has 1 aromatic heterocycles. The molecule has 0 aliphatic rings. The Kier molecular flexibility index (Phi) is 7.44. The van der Waals surface area contributed by atoms with Gasteiger partial charge in [0.05, 0.1) is 29.9 Å². The Labute approximate surface area is 196 Å². The Bertz CT molecular complexity index is 1200. The number of rotatable bonds is 7. The number of benzene rings is 2. The molecule has 0 aliphatic heterocycles. The summed E-state index contributed by atoms with van der Waals surface area (Å²) in [5.74, 6) is -0.612. The normalized spacial score (nSPS) is 11.4. The maximum Gasteiger partial charge on any atom is 0.416 e. The number of carbonyl (C=O) groups excluding carboxylic acids is 2. The lowest BCUT2D eigenvalue weighted by Gasteiger charge is -2.18. The van der Waals surface area contributed by atoms with E-state index in [-0.39, 0.29) is 30.5 Å². The number of alkyl halides is 3. The van der Waals surface area contributed by atoms with Crippen LogP contribution in [0, 0.1) is 13.8 Å². The van der Waals surface area contributed by atoms with Crippen molar-refractivity contribution < 1.29 is 22.8 Å². The molecule has 1 N–H and O–H groups in total. The molecule has 180 valence electrons. The van der Waals surface area contributed by atoms with Crippen molar-refractivity contribution in [3.05, 3.63) is 76.6 Å². The topological polar surface area (TPSA) is 67.2 Å². The van der Waals surface area contributed by atoms with Crippen molar-refractivity contribution in [1.29, 1.82) is 0 Å². The van der Waals surface area contributed by atoms with E-state index in [1.165, 1.54) is 28.8 Å². The van der Waals surface area contributed by atoms with Crippen LogP contribution in [0.3, 0.4) is 0 Å². The fourth-order valence-corrected chi connectivity index (χ4v) is 3.73. The molecular formula is C25H27F3N4O2. The summed E-state index contributed by atoms with van der Waals surface area (Å²) in [6.07, 6.45) is -3.72. The van der Waals surface area contributed by atoms with Gasteiger partial charge in [0.25, 0.3) is 0 Å². The predicted molar refractivity (Wildman–Crippen MR) is 124 cm³/mol. The molecule has 9 heteroatoms. The van der Waals surface area contributed by atoms with Crippen molar-refractivity contribution in [3.63, 3.8) is 0 Å². The second-order valence-corrected chi connectivity index (χ2v) is 8.09. The van der Waals surface area contributed by atoms with Crippen molar-refractivity contribution in [2.75, 3.05) is 18.9 Å². The zero-order chi connectivity index (χ0) is 25.0. The van der Waals surface area contributed by atoms with E-state index >= 15 is 0 Å². The molecule has 2 aromatic carbocycles. The zero-order valence-electron chi connectivity index (χ0n) is 19.5. The van der Waals surface area contributed by atoms with Gasteiger partial charge >= 0.3 is 6.18 Å². The Morgan fingerprint density at radius 2 is 1.79 bits per heavy atom. The number of halogens is 3. The Morgan fingerprint density at radius 1 is 1.09 bits per heavy atom. The van der Waals surface area contributed by atoms with Crippen LogP contribution in [-0.2, 0) is 28.6 Å². The molecule has 34 heavy (non-hydrogen) atoms. The quantitative estimate of drug-likeness (QED) is 0.542. The lowest BCUT2D eigenvalue weighted by molar-refractivity contribution is -0.137. The van der Waals surface area contributed by atoms with Crippen molar-refractivity contribution >= 4 is 17.5 Å². The first-order chi connectivity index (χ1) is 16.0. The summed E-state index contributed by atoms with van der Waals surface area (Å²) in [7, 11) is 1.54. The highest BCUT2D eigenvalue weighted by molar-refractivity contribution is 5.95. The van der Waals surface area contributed by atoms with E-state index in [9.17, 15) is 22.8 Å². The number of para-hydroxylation sites is 1. The highest BCUT2D eigenvalue weighted by Gasteiger charge is 2.31. The number of likely N-dealkylation sites (N-methyl/N-ethyl adjacent to an activating group) is 1. The van der Waals surface area contributed by atoms with Gasteiger partial charge in [0, 0.05) is 24.0 Å². The number of aryl methyl sites for hydroxylation is 2. The number of aromatic nitrogens is 2. The zero-order valence-corrected chi connectivity index (χ0v) is 19.5. The van der Waals surface area contributed by atoms with Gasteiger partial charge in [-0.1, -0.05) is 31.2 Å². The summed E-state index contributed by atoms with van der Waals surface area (Å²) < 4.78 is 40.7. The fourth-order valence-electron chi connectivity index (χ4n) is 3.73. The summed E-state index contributed by atoms with van der Waals surface area (Å²) >= 11 is 0. The molecule has 2 amide bonds. The van der Waals surface area contributed by atoms with Crippen molar-refractivity contribution in [1.82, 2.24) is 14.7 Å². The third-order valence-corrected chi connectivity index (χ3v) is 5.67. The molecule has 6 nitrogen and oxygen atoms in total. The van der Waals surface area contributed by atoms with E-state index in [0.29, 0.717) is 22.6 Å². The average molecular weight is 473 g/mol. The lowest BCUT2D eigenvalue weighted by atomic mass is 10.1.